The number of benzene rings is 1. The van der Waals surface area contributed by atoms with Gasteiger partial charge in [0.2, 0.25) is 5.91 Å². The van der Waals surface area contributed by atoms with Gasteiger partial charge >= 0.3 is 0 Å². The Balaban J connectivity index is 3.23. The van der Waals surface area contributed by atoms with Gasteiger partial charge in [-0.15, -0.1) is 0 Å². The molecule has 3 heteroatoms. The van der Waals surface area contributed by atoms with Crippen molar-refractivity contribution in [2.75, 3.05) is 19.1 Å². The first kappa shape index (κ1) is 11.6. The van der Waals surface area contributed by atoms with Gasteiger partial charge in [0, 0.05) is 19.7 Å². The van der Waals surface area contributed by atoms with Crippen LogP contribution in [0.15, 0.2) is 12.1 Å². The number of carbonyl (C=O) groups is 1. The molecular weight excluding hydrogens is 190 g/mol. The molecule has 0 aromatic heterocycles. The molecule has 0 atom stereocenters. The minimum atomic E-state index is 0.0302. The summed E-state index contributed by atoms with van der Waals surface area (Å²) >= 11 is 0. The normalized spacial score (nSPS) is 9.93. The van der Waals surface area contributed by atoms with E-state index in [-0.39, 0.29) is 5.91 Å². The van der Waals surface area contributed by atoms with Crippen molar-refractivity contribution in [1.82, 2.24) is 0 Å². The van der Waals surface area contributed by atoms with E-state index < -0.39 is 0 Å². The molecule has 0 unspecified atom stereocenters. The van der Waals surface area contributed by atoms with Gasteiger partial charge in [-0.3, -0.25) is 4.79 Å². The smallest absolute Gasteiger partial charge is 0.223 e. The lowest BCUT2D eigenvalue weighted by Gasteiger charge is -2.20. The van der Waals surface area contributed by atoms with Gasteiger partial charge in [-0.1, -0.05) is 0 Å². The summed E-state index contributed by atoms with van der Waals surface area (Å²) in [4.78, 5) is 12.9. The summed E-state index contributed by atoms with van der Waals surface area (Å²) in [5.41, 5.74) is 3.08. The molecule has 15 heavy (non-hydrogen) atoms. The number of rotatable bonds is 2. The van der Waals surface area contributed by atoms with Crippen molar-refractivity contribution in [1.29, 1.82) is 0 Å². The van der Waals surface area contributed by atoms with Crippen molar-refractivity contribution in [3.8, 4) is 5.75 Å². The zero-order valence-electron chi connectivity index (χ0n) is 9.92. The van der Waals surface area contributed by atoms with E-state index in [0.29, 0.717) is 0 Å². The fourth-order valence-electron chi connectivity index (χ4n) is 1.54. The zero-order chi connectivity index (χ0) is 11.6. The topological polar surface area (TPSA) is 29.5 Å². The largest absolute Gasteiger partial charge is 0.496 e. The van der Waals surface area contributed by atoms with Crippen molar-refractivity contribution in [3.63, 3.8) is 0 Å². The number of methoxy groups -OCH3 is 1. The second-order valence-electron chi connectivity index (χ2n) is 3.61. The molecule has 0 aliphatic carbocycles. The summed E-state index contributed by atoms with van der Waals surface area (Å²) in [6.07, 6.45) is 0. The molecule has 0 heterocycles. The van der Waals surface area contributed by atoms with Crippen molar-refractivity contribution < 1.29 is 9.53 Å². The highest BCUT2D eigenvalue weighted by atomic mass is 16.5. The molecule has 0 bridgehead atoms. The Hall–Kier alpha value is -1.51. The number of anilines is 1. The first-order chi connectivity index (χ1) is 6.99. The van der Waals surface area contributed by atoms with Gasteiger partial charge in [-0.2, -0.15) is 0 Å². The van der Waals surface area contributed by atoms with Crippen LogP contribution >= 0.6 is 0 Å². The van der Waals surface area contributed by atoms with Gasteiger partial charge in [-0.05, 0) is 37.1 Å². The van der Waals surface area contributed by atoms with E-state index in [2.05, 4.69) is 0 Å². The third-order valence-electron chi connectivity index (χ3n) is 2.76. The molecule has 1 amide bonds. The molecule has 1 aromatic carbocycles. The maximum atomic E-state index is 11.3. The molecule has 0 aliphatic heterocycles. The summed E-state index contributed by atoms with van der Waals surface area (Å²) in [6.45, 7) is 5.54. The lowest BCUT2D eigenvalue weighted by molar-refractivity contribution is -0.116. The second-order valence-corrected chi connectivity index (χ2v) is 3.61. The van der Waals surface area contributed by atoms with Gasteiger partial charge in [0.05, 0.1) is 7.11 Å². The Labute approximate surface area is 90.7 Å². The highest BCUT2D eigenvalue weighted by Gasteiger charge is 2.12. The molecule has 1 rings (SSSR count). The molecular formula is C12H17NO2. The Bertz CT molecular complexity index is 385. The minimum absolute atomic E-state index is 0.0302. The third kappa shape index (κ3) is 2.12. The average Bonchev–Trinajstić information content (AvgIpc) is 2.21. The van der Waals surface area contributed by atoms with Crippen LogP contribution in [0.1, 0.15) is 18.1 Å². The van der Waals surface area contributed by atoms with Gasteiger partial charge in [0.15, 0.2) is 0 Å². The van der Waals surface area contributed by atoms with Crippen LogP contribution in [0.5, 0.6) is 5.75 Å². The Kier molecular flexibility index (Phi) is 3.35. The first-order valence-corrected chi connectivity index (χ1v) is 4.87. The zero-order valence-corrected chi connectivity index (χ0v) is 9.92. The predicted octanol–water partition coefficient (Wildman–Crippen LogP) is 2.29. The van der Waals surface area contributed by atoms with Gasteiger partial charge in [0.1, 0.15) is 5.75 Å². The average molecular weight is 207 g/mol. The Morgan fingerprint density at radius 2 is 1.87 bits per heavy atom. The summed E-state index contributed by atoms with van der Waals surface area (Å²) < 4.78 is 5.22. The van der Waals surface area contributed by atoms with Crippen LogP contribution in [0.4, 0.5) is 5.69 Å². The van der Waals surface area contributed by atoms with Crippen molar-refractivity contribution in [2.45, 2.75) is 20.8 Å². The van der Waals surface area contributed by atoms with E-state index >= 15 is 0 Å². The van der Waals surface area contributed by atoms with E-state index in [0.717, 1.165) is 22.6 Å². The molecule has 0 spiro atoms. The van der Waals surface area contributed by atoms with E-state index in [4.69, 9.17) is 4.74 Å². The van der Waals surface area contributed by atoms with Crippen LogP contribution in [0.2, 0.25) is 0 Å². The number of hydrogen-bond acceptors (Lipinski definition) is 2. The summed E-state index contributed by atoms with van der Waals surface area (Å²) in [5.74, 6) is 0.885. The SMILES string of the molecule is COc1ccc(N(C)C(C)=O)c(C)c1C. The standard InChI is InChI=1S/C12H17NO2/c1-8-9(2)12(15-5)7-6-11(8)13(4)10(3)14/h6-7H,1-5H3. The number of ether oxygens (including phenoxy) is 1. The number of carbonyl (C=O) groups excluding carboxylic acids is 1. The van der Waals surface area contributed by atoms with E-state index in [9.17, 15) is 4.79 Å². The Morgan fingerprint density at radius 1 is 1.27 bits per heavy atom. The molecule has 0 radical (unpaired) electrons. The van der Waals surface area contributed by atoms with E-state index in [1.807, 2.05) is 26.0 Å². The van der Waals surface area contributed by atoms with E-state index in [1.165, 1.54) is 0 Å². The summed E-state index contributed by atoms with van der Waals surface area (Å²) in [7, 11) is 3.42. The maximum Gasteiger partial charge on any atom is 0.223 e. The monoisotopic (exact) mass is 207 g/mol. The lowest BCUT2D eigenvalue weighted by atomic mass is 10.1. The molecule has 0 N–H and O–H groups in total. The minimum Gasteiger partial charge on any atom is -0.496 e. The van der Waals surface area contributed by atoms with Crippen LogP contribution in [0.3, 0.4) is 0 Å². The van der Waals surface area contributed by atoms with Crippen LogP contribution in [-0.4, -0.2) is 20.1 Å². The summed E-state index contributed by atoms with van der Waals surface area (Å²) in [6, 6.07) is 3.79. The highest BCUT2D eigenvalue weighted by Crippen LogP contribution is 2.29. The molecule has 82 valence electrons. The second kappa shape index (κ2) is 4.34. The fraction of sp³-hybridized carbons (Fsp3) is 0.417. The predicted molar refractivity (Wildman–Crippen MR) is 61.6 cm³/mol. The van der Waals surface area contributed by atoms with Crippen molar-refractivity contribution >= 4 is 11.6 Å². The maximum absolute atomic E-state index is 11.3. The van der Waals surface area contributed by atoms with Gasteiger partial charge in [0.25, 0.3) is 0 Å². The lowest BCUT2D eigenvalue weighted by Crippen LogP contribution is -2.23. The van der Waals surface area contributed by atoms with Crippen LogP contribution in [0, 0.1) is 13.8 Å². The van der Waals surface area contributed by atoms with Crippen LogP contribution in [0.25, 0.3) is 0 Å². The highest BCUT2D eigenvalue weighted by molar-refractivity contribution is 5.92. The molecule has 0 aliphatic rings. The van der Waals surface area contributed by atoms with Crippen LogP contribution in [-0.2, 0) is 4.79 Å². The van der Waals surface area contributed by atoms with Gasteiger partial charge < -0.3 is 9.64 Å². The molecule has 1 aromatic rings. The van der Waals surface area contributed by atoms with Crippen molar-refractivity contribution in [2.24, 2.45) is 0 Å². The number of amides is 1. The molecule has 0 saturated carbocycles. The molecule has 3 nitrogen and oxygen atoms in total. The fourth-order valence-corrected chi connectivity index (χ4v) is 1.54. The Morgan fingerprint density at radius 3 is 2.33 bits per heavy atom. The third-order valence-corrected chi connectivity index (χ3v) is 2.76. The molecule has 0 fully saturated rings. The first-order valence-electron chi connectivity index (χ1n) is 4.87. The number of nitrogens with zero attached hydrogens (tertiary/aromatic N) is 1. The van der Waals surface area contributed by atoms with Crippen molar-refractivity contribution in [3.05, 3.63) is 23.3 Å². The number of hydrogen-bond donors (Lipinski definition) is 0. The van der Waals surface area contributed by atoms with Gasteiger partial charge in [-0.25, -0.2) is 0 Å². The van der Waals surface area contributed by atoms with Crippen LogP contribution < -0.4 is 9.64 Å². The summed E-state index contributed by atoms with van der Waals surface area (Å²) in [5, 5.41) is 0. The molecule has 0 saturated heterocycles. The van der Waals surface area contributed by atoms with E-state index in [1.54, 1.807) is 26.0 Å². The quantitative estimate of drug-likeness (QED) is 0.744.